The molecule has 2 aromatic carbocycles. The zero-order valence-electron chi connectivity index (χ0n) is 15.9. The number of non-ortho nitro benzene ring substituents is 1. The van der Waals surface area contributed by atoms with Crippen molar-refractivity contribution in [3.05, 3.63) is 85.8 Å². The van der Waals surface area contributed by atoms with E-state index in [-0.39, 0.29) is 35.1 Å². The Balaban J connectivity index is 1.71. The first-order valence-electron chi connectivity index (χ1n) is 9.77. The maximum absolute atomic E-state index is 13.3. The molecule has 3 aromatic rings. The lowest BCUT2D eigenvalue weighted by atomic mass is 9.98. The average Bonchev–Trinajstić information content (AvgIpc) is 3.36. The molecule has 2 aliphatic rings. The van der Waals surface area contributed by atoms with Crippen molar-refractivity contribution in [3.63, 3.8) is 0 Å². The van der Waals surface area contributed by atoms with Gasteiger partial charge in [0.1, 0.15) is 5.58 Å². The Hall–Kier alpha value is -3.52. The Morgan fingerprint density at radius 1 is 1.13 bits per heavy atom. The lowest BCUT2D eigenvalue weighted by Crippen LogP contribution is -2.36. The number of benzene rings is 2. The molecule has 1 aromatic heterocycles. The van der Waals surface area contributed by atoms with Crippen LogP contribution in [-0.4, -0.2) is 35.0 Å². The highest BCUT2D eigenvalue weighted by Gasteiger charge is 2.44. The number of ether oxygens (including phenoxy) is 1. The number of fused-ring (bicyclic) bond motifs is 2. The first-order chi connectivity index (χ1) is 14.5. The summed E-state index contributed by atoms with van der Waals surface area (Å²) in [7, 11) is 0. The largest absolute Gasteiger partial charge is 0.450 e. The van der Waals surface area contributed by atoms with Crippen molar-refractivity contribution < 1.29 is 18.9 Å². The summed E-state index contributed by atoms with van der Waals surface area (Å²) in [6, 6.07) is 12.0. The summed E-state index contributed by atoms with van der Waals surface area (Å²) in [4.78, 5) is 39.0. The number of nitro groups is 1. The zero-order chi connectivity index (χ0) is 20.8. The molecular weight excluding hydrogens is 388 g/mol. The molecule has 8 heteroatoms. The van der Waals surface area contributed by atoms with Crippen LogP contribution in [0.15, 0.2) is 57.7 Å². The first kappa shape index (κ1) is 18.5. The predicted octanol–water partition coefficient (Wildman–Crippen LogP) is 3.43. The highest BCUT2D eigenvalue weighted by molar-refractivity contribution is 5.99. The number of hydrogen-bond acceptors (Lipinski definition) is 6. The molecule has 152 valence electrons. The first-order valence-corrected chi connectivity index (χ1v) is 9.77. The number of rotatable bonds is 4. The Labute approximate surface area is 170 Å². The normalized spacial score (nSPS) is 20.7. The number of amides is 1. The van der Waals surface area contributed by atoms with E-state index in [4.69, 9.17) is 9.15 Å². The van der Waals surface area contributed by atoms with E-state index in [2.05, 4.69) is 0 Å². The molecule has 2 atom stereocenters. The molecule has 0 aliphatic carbocycles. The third kappa shape index (κ3) is 2.88. The molecule has 3 heterocycles. The number of para-hydroxylation sites is 1. The molecule has 0 saturated carbocycles. The van der Waals surface area contributed by atoms with E-state index in [9.17, 15) is 19.7 Å². The molecule has 1 amide bonds. The molecule has 0 N–H and O–H groups in total. The Kier molecular flexibility index (Phi) is 4.36. The van der Waals surface area contributed by atoms with Crippen molar-refractivity contribution in [1.82, 2.24) is 4.90 Å². The van der Waals surface area contributed by atoms with Gasteiger partial charge in [-0.2, -0.15) is 0 Å². The van der Waals surface area contributed by atoms with Gasteiger partial charge in [-0.1, -0.05) is 24.3 Å². The van der Waals surface area contributed by atoms with Gasteiger partial charge in [0.05, 0.1) is 28.0 Å². The van der Waals surface area contributed by atoms with E-state index in [1.807, 2.05) is 0 Å². The monoisotopic (exact) mass is 406 g/mol. The van der Waals surface area contributed by atoms with Crippen molar-refractivity contribution >= 4 is 22.6 Å². The van der Waals surface area contributed by atoms with Crippen LogP contribution in [0.1, 0.15) is 40.6 Å². The van der Waals surface area contributed by atoms with Crippen molar-refractivity contribution in [3.8, 4) is 0 Å². The number of carbonyl (C=O) groups is 1. The quantitative estimate of drug-likeness (QED) is 0.486. The SMILES string of the molecule is O=C1c2oc3ccccc3c(=O)c2[C@@H](c2cccc([N+](=O)[O-])c2)N1C[C@@H]1CCCO1. The average molecular weight is 406 g/mol. The van der Waals surface area contributed by atoms with E-state index >= 15 is 0 Å². The van der Waals surface area contributed by atoms with Crippen LogP contribution in [0.5, 0.6) is 0 Å². The van der Waals surface area contributed by atoms with Crippen LogP contribution in [0.3, 0.4) is 0 Å². The van der Waals surface area contributed by atoms with Crippen molar-refractivity contribution in [1.29, 1.82) is 0 Å². The van der Waals surface area contributed by atoms with Gasteiger partial charge in [-0.3, -0.25) is 19.7 Å². The van der Waals surface area contributed by atoms with Crippen LogP contribution in [0.25, 0.3) is 11.0 Å². The molecule has 0 radical (unpaired) electrons. The predicted molar refractivity (Wildman–Crippen MR) is 107 cm³/mol. The number of hydrogen-bond donors (Lipinski definition) is 0. The second-order valence-electron chi connectivity index (χ2n) is 7.52. The van der Waals surface area contributed by atoms with Crippen LogP contribution < -0.4 is 5.43 Å². The fourth-order valence-corrected chi connectivity index (χ4v) is 4.32. The van der Waals surface area contributed by atoms with E-state index < -0.39 is 16.9 Å². The van der Waals surface area contributed by atoms with Gasteiger partial charge in [-0.15, -0.1) is 0 Å². The summed E-state index contributed by atoms with van der Waals surface area (Å²) < 4.78 is 11.6. The molecule has 2 aliphatic heterocycles. The third-order valence-electron chi connectivity index (χ3n) is 5.69. The Morgan fingerprint density at radius 3 is 2.73 bits per heavy atom. The molecule has 0 bridgehead atoms. The van der Waals surface area contributed by atoms with Crippen molar-refractivity contribution in [2.75, 3.05) is 13.2 Å². The minimum absolute atomic E-state index is 0.00629. The van der Waals surface area contributed by atoms with Gasteiger partial charge in [0.15, 0.2) is 5.43 Å². The summed E-state index contributed by atoms with van der Waals surface area (Å²) in [5.74, 6) is -0.409. The fraction of sp³-hybridized carbons (Fsp3) is 0.273. The maximum Gasteiger partial charge on any atom is 0.291 e. The summed E-state index contributed by atoms with van der Waals surface area (Å²) in [6.07, 6.45) is 1.57. The number of nitro benzene ring substituents is 1. The fourth-order valence-electron chi connectivity index (χ4n) is 4.32. The van der Waals surface area contributed by atoms with Crippen LogP contribution in [0, 0.1) is 10.1 Å². The lowest BCUT2D eigenvalue weighted by molar-refractivity contribution is -0.384. The second kappa shape index (κ2) is 7.07. The number of carbonyl (C=O) groups excluding carboxylic acids is 1. The third-order valence-corrected chi connectivity index (χ3v) is 5.69. The molecule has 1 fully saturated rings. The Bertz CT molecular complexity index is 1230. The Morgan fingerprint density at radius 2 is 1.97 bits per heavy atom. The molecule has 8 nitrogen and oxygen atoms in total. The summed E-state index contributed by atoms with van der Waals surface area (Å²) in [6.45, 7) is 0.911. The highest BCUT2D eigenvalue weighted by Crippen LogP contribution is 2.39. The van der Waals surface area contributed by atoms with Gasteiger partial charge in [0.2, 0.25) is 5.76 Å². The lowest BCUT2D eigenvalue weighted by Gasteiger charge is -2.27. The van der Waals surface area contributed by atoms with E-state index in [0.29, 0.717) is 23.1 Å². The van der Waals surface area contributed by atoms with Crippen LogP contribution in [-0.2, 0) is 4.74 Å². The molecular formula is C22H18N2O6. The number of nitrogens with zero attached hydrogens (tertiary/aromatic N) is 2. The minimum atomic E-state index is -0.766. The van der Waals surface area contributed by atoms with Gasteiger partial charge in [-0.05, 0) is 30.5 Å². The van der Waals surface area contributed by atoms with E-state index in [1.54, 1.807) is 41.3 Å². The summed E-state index contributed by atoms with van der Waals surface area (Å²) in [5.41, 5.74) is 0.655. The molecule has 5 rings (SSSR count). The van der Waals surface area contributed by atoms with Gasteiger partial charge in [-0.25, -0.2) is 0 Å². The van der Waals surface area contributed by atoms with Gasteiger partial charge < -0.3 is 14.1 Å². The minimum Gasteiger partial charge on any atom is -0.450 e. The summed E-state index contributed by atoms with van der Waals surface area (Å²) >= 11 is 0. The van der Waals surface area contributed by atoms with Crippen LogP contribution in [0.2, 0.25) is 0 Å². The van der Waals surface area contributed by atoms with Crippen molar-refractivity contribution in [2.24, 2.45) is 0 Å². The smallest absolute Gasteiger partial charge is 0.291 e. The van der Waals surface area contributed by atoms with Gasteiger partial charge in [0, 0.05) is 25.3 Å². The molecule has 0 spiro atoms. The summed E-state index contributed by atoms with van der Waals surface area (Å²) in [5, 5.41) is 11.7. The van der Waals surface area contributed by atoms with E-state index in [1.165, 1.54) is 12.1 Å². The van der Waals surface area contributed by atoms with Gasteiger partial charge >= 0.3 is 0 Å². The second-order valence-corrected chi connectivity index (χ2v) is 7.52. The van der Waals surface area contributed by atoms with E-state index in [0.717, 1.165) is 12.8 Å². The molecule has 0 unspecified atom stereocenters. The molecule has 30 heavy (non-hydrogen) atoms. The zero-order valence-corrected chi connectivity index (χ0v) is 15.9. The highest BCUT2D eigenvalue weighted by atomic mass is 16.6. The topological polar surface area (TPSA) is 103 Å². The van der Waals surface area contributed by atoms with Crippen LogP contribution >= 0.6 is 0 Å². The van der Waals surface area contributed by atoms with Crippen molar-refractivity contribution in [2.45, 2.75) is 25.0 Å². The molecule has 1 saturated heterocycles. The maximum atomic E-state index is 13.3. The van der Waals surface area contributed by atoms with Crippen LogP contribution in [0.4, 0.5) is 5.69 Å². The standard InChI is InChI=1S/C22H18N2O6/c25-20-16-8-1-2-9-17(16)30-21-18(20)19(13-5-3-6-14(11-13)24(27)28)23(22(21)26)12-15-7-4-10-29-15/h1-3,5-6,8-9,11,15,19H,4,7,10,12H2/t15-,19+/m0/s1. The van der Waals surface area contributed by atoms with Gasteiger partial charge in [0.25, 0.3) is 11.6 Å².